The number of nitrogens with zero attached hydrogens (tertiary/aromatic N) is 2. The molecule has 0 amide bonds. The summed E-state index contributed by atoms with van der Waals surface area (Å²) in [6.45, 7) is 8.69. The van der Waals surface area contributed by atoms with Crippen LogP contribution in [0.1, 0.15) is 44.7 Å². The number of aromatic nitrogens is 2. The zero-order valence-electron chi connectivity index (χ0n) is 12.5. The maximum absolute atomic E-state index is 6.25. The van der Waals surface area contributed by atoms with Crippen LogP contribution in [0.15, 0.2) is 30.6 Å². The van der Waals surface area contributed by atoms with E-state index in [1.807, 2.05) is 0 Å². The molecule has 1 aromatic carbocycles. The summed E-state index contributed by atoms with van der Waals surface area (Å²) < 4.78 is 0. The molecule has 2 rings (SSSR count). The molecule has 0 aliphatic rings. The van der Waals surface area contributed by atoms with Crippen molar-refractivity contribution in [3.63, 3.8) is 0 Å². The highest BCUT2D eigenvalue weighted by atomic mass is 35.5. The van der Waals surface area contributed by atoms with Crippen LogP contribution in [0, 0.1) is 5.92 Å². The lowest BCUT2D eigenvalue weighted by Gasteiger charge is -2.14. The molecule has 2 nitrogen and oxygen atoms in total. The van der Waals surface area contributed by atoms with Gasteiger partial charge in [-0.1, -0.05) is 57.5 Å². The lowest BCUT2D eigenvalue weighted by atomic mass is 9.95. The molecule has 2 aromatic rings. The Morgan fingerprint density at radius 2 is 1.85 bits per heavy atom. The summed E-state index contributed by atoms with van der Waals surface area (Å²) >= 11 is 6.25. The molecule has 0 fully saturated rings. The quantitative estimate of drug-likeness (QED) is 0.730. The highest BCUT2D eigenvalue weighted by Crippen LogP contribution is 2.32. The van der Waals surface area contributed by atoms with E-state index in [4.69, 9.17) is 11.6 Å². The molecule has 1 heterocycles. The molecule has 106 valence electrons. The van der Waals surface area contributed by atoms with Crippen molar-refractivity contribution in [2.45, 2.75) is 40.0 Å². The number of halogens is 1. The molecular formula is C17H21ClN2. The summed E-state index contributed by atoms with van der Waals surface area (Å²) in [5.74, 6) is 0.941. The fraction of sp³-hybridized carbons (Fsp3) is 0.412. The molecule has 3 heteroatoms. The van der Waals surface area contributed by atoms with Crippen molar-refractivity contribution in [2.24, 2.45) is 5.92 Å². The monoisotopic (exact) mass is 288 g/mol. The van der Waals surface area contributed by atoms with Gasteiger partial charge in [0.2, 0.25) is 0 Å². The van der Waals surface area contributed by atoms with Crippen molar-refractivity contribution in [2.75, 3.05) is 0 Å². The third kappa shape index (κ3) is 3.37. The molecule has 0 unspecified atom stereocenters. The van der Waals surface area contributed by atoms with Crippen molar-refractivity contribution in [3.05, 3.63) is 46.9 Å². The average molecular weight is 289 g/mol. The van der Waals surface area contributed by atoms with Crippen LogP contribution in [0.25, 0.3) is 11.3 Å². The molecule has 0 saturated heterocycles. The zero-order valence-corrected chi connectivity index (χ0v) is 13.3. The van der Waals surface area contributed by atoms with Gasteiger partial charge in [-0.3, -0.25) is 0 Å². The van der Waals surface area contributed by atoms with Crippen LogP contribution in [0.2, 0.25) is 5.15 Å². The zero-order chi connectivity index (χ0) is 14.7. The second kappa shape index (κ2) is 6.36. The van der Waals surface area contributed by atoms with Crippen LogP contribution >= 0.6 is 11.6 Å². The summed E-state index contributed by atoms with van der Waals surface area (Å²) in [4.78, 5) is 8.57. The highest BCUT2D eigenvalue weighted by Gasteiger charge is 2.15. The third-order valence-corrected chi connectivity index (χ3v) is 3.56. The predicted molar refractivity (Wildman–Crippen MR) is 85.1 cm³/mol. The Kier molecular flexibility index (Phi) is 4.77. The van der Waals surface area contributed by atoms with E-state index in [0.29, 0.717) is 17.0 Å². The fourth-order valence-corrected chi connectivity index (χ4v) is 2.78. The van der Waals surface area contributed by atoms with E-state index in [9.17, 15) is 0 Å². The van der Waals surface area contributed by atoms with Crippen LogP contribution in [0.4, 0.5) is 0 Å². The van der Waals surface area contributed by atoms with Crippen LogP contribution in [0.5, 0.6) is 0 Å². The Labute approximate surface area is 126 Å². The van der Waals surface area contributed by atoms with E-state index >= 15 is 0 Å². The second-order valence-corrected chi connectivity index (χ2v) is 6.24. The van der Waals surface area contributed by atoms with Crippen molar-refractivity contribution in [3.8, 4) is 11.3 Å². The Morgan fingerprint density at radius 1 is 1.10 bits per heavy atom. The summed E-state index contributed by atoms with van der Waals surface area (Å²) in [5, 5.41) is 0.555. The van der Waals surface area contributed by atoms with E-state index in [1.165, 1.54) is 5.56 Å². The number of hydrogen-bond donors (Lipinski definition) is 0. The van der Waals surface area contributed by atoms with Crippen LogP contribution in [0.3, 0.4) is 0 Å². The molecule has 0 N–H and O–H groups in total. The van der Waals surface area contributed by atoms with Gasteiger partial charge in [0.1, 0.15) is 11.5 Å². The lowest BCUT2D eigenvalue weighted by Crippen LogP contribution is -2.00. The topological polar surface area (TPSA) is 25.8 Å². The first-order valence-electron chi connectivity index (χ1n) is 7.08. The highest BCUT2D eigenvalue weighted by molar-refractivity contribution is 6.30. The minimum atomic E-state index is 0.299. The van der Waals surface area contributed by atoms with Gasteiger partial charge in [-0.2, -0.15) is 0 Å². The smallest absolute Gasteiger partial charge is 0.136 e. The molecule has 0 atom stereocenters. The molecule has 1 aromatic heterocycles. The number of hydrogen-bond acceptors (Lipinski definition) is 2. The van der Waals surface area contributed by atoms with E-state index in [2.05, 4.69) is 61.9 Å². The Balaban J connectivity index is 2.49. The van der Waals surface area contributed by atoms with Gasteiger partial charge < -0.3 is 0 Å². The molecule has 20 heavy (non-hydrogen) atoms. The van der Waals surface area contributed by atoms with Gasteiger partial charge in [-0.25, -0.2) is 9.97 Å². The fourth-order valence-electron chi connectivity index (χ4n) is 2.43. The molecule has 0 aliphatic heterocycles. The van der Waals surface area contributed by atoms with Gasteiger partial charge in [0.05, 0.1) is 5.69 Å². The van der Waals surface area contributed by atoms with Crippen molar-refractivity contribution in [1.82, 2.24) is 9.97 Å². The minimum absolute atomic E-state index is 0.299. The second-order valence-electron chi connectivity index (χ2n) is 5.88. The number of rotatable bonds is 4. The van der Waals surface area contributed by atoms with Crippen molar-refractivity contribution >= 4 is 11.6 Å². The lowest BCUT2D eigenvalue weighted by molar-refractivity contribution is 0.647. The SMILES string of the molecule is CC(C)Cc1cccc(-c2ncnc(Cl)c2C(C)C)c1. The van der Waals surface area contributed by atoms with Gasteiger partial charge in [0, 0.05) is 11.1 Å². The first kappa shape index (κ1) is 15.0. The Hall–Kier alpha value is -1.41. The first-order valence-corrected chi connectivity index (χ1v) is 7.46. The average Bonchev–Trinajstić information content (AvgIpc) is 2.37. The normalized spacial score (nSPS) is 11.3. The largest absolute Gasteiger partial charge is 0.236 e. The van der Waals surface area contributed by atoms with E-state index in [-0.39, 0.29) is 0 Å². The van der Waals surface area contributed by atoms with Gasteiger partial charge in [0.15, 0.2) is 0 Å². The third-order valence-electron chi connectivity index (χ3n) is 3.26. The summed E-state index contributed by atoms with van der Waals surface area (Å²) in [6, 6.07) is 8.56. The summed E-state index contributed by atoms with van der Waals surface area (Å²) in [6.07, 6.45) is 2.61. The van der Waals surface area contributed by atoms with Crippen molar-refractivity contribution in [1.29, 1.82) is 0 Å². The minimum Gasteiger partial charge on any atom is -0.236 e. The van der Waals surface area contributed by atoms with Crippen LogP contribution in [-0.2, 0) is 6.42 Å². The van der Waals surface area contributed by atoms with Gasteiger partial charge in [-0.05, 0) is 29.9 Å². The van der Waals surface area contributed by atoms with Gasteiger partial charge in [-0.15, -0.1) is 0 Å². The molecular weight excluding hydrogens is 268 g/mol. The van der Waals surface area contributed by atoms with E-state index in [0.717, 1.165) is 23.2 Å². The van der Waals surface area contributed by atoms with E-state index in [1.54, 1.807) is 6.33 Å². The Bertz CT molecular complexity index is 591. The van der Waals surface area contributed by atoms with Crippen LogP contribution < -0.4 is 0 Å². The molecule has 0 bridgehead atoms. The standard InChI is InChI=1S/C17H21ClN2/c1-11(2)8-13-6-5-7-14(9-13)16-15(12(3)4)17(18)20-10-19-16/h5-7,9-12H,8H2,1-4H3. The maximum Gasteiger partial charge on any atom is 0.136 e. The summed E-state index contributed by atoms with van der Waals surface area (Å²) in [7, 11) is 0. The molecule has 0 saturated carbocycles. The predicted octanol–water partition coefficient (Wildman–Crippen LogP) is 5.12. The molecule has 0 radical (unpaired) electrons. The van der Waals surface area contributed by atoms with E-state index < -0.39 is 0 Å². The maximum atomic E-state index is 6.25. The van der Waals surface area contributed by atoms with Gasteiger partial charge in [0.25, 0.3) is 0 Å². The van der Waals surface area contributed by atoms with Crippen LogP contribution in [-0.4, -0.2) is 9.97 Å². The summed E-state index contributed by atoms with van der Waals surface area (Å²) in [5.41, 5.74) is 4.43. The Morgan fingerprint density at radius 3 is 2.50 bits per heavy atom. The molecule has 0 spiro atoms. The molecule has 0 aliphatic carbocycles. The van der Waals surface area contributed by atoms with Gasteiger partial charge >= 0.3 is 0 Å². The number of benzene rings is 1. The van der Waals surface area contributed by atoms with Crippen molar-refractivity contribution < 1.29 is 0 Å². The first-order chi connectivity index (χ1) is 9.49.